The van der Waals surface area contributed by atoms with Gasteiger partial charge in [0.05, 0.1) is 10.7 Å². The van der Waals surface area contributed by atoms with E-state index >= 15 is 0 Å². The Balaban J connectivity index is 2.19. The second-order valence-corrected chi connectivity index (χ2v) is 5.02. The van der Waals surface area contributed by atoms with Crippen LogP contribution in [-0.2, 0) is 0 Å². The van der Waals surface area contributed by atoms with Crippen LogP contribution in [0.3, 0.4) is 0 Å². The minimum atomic E-state index is 0.383. The van der Waals surface area contributed by atoms with Crippen LogP contribution >= 0.6 is 11.6 Å². The predicted molar refractivity (Wildman–Crippen MR) is 59.7 cm³/mol. The molecule has 14 heavy (non-hydrogen) atoms. The zero-order chi connectivity index (χ0) is 10.3. The Morgan fingerprint density at radius 2 is 2.14 bits per heavy atom. The fourth-order valence-electron chi connectivity index (χ4n) is 1.85. The van der Waals surface area contributed by atoms with Crippen molar-refractivity contribution in [2.75, 3.05) is 23.7 Å². The van der Waals surface area contributed by atoms with Crippen LogP contribution in [-0.4, -0.2) is 18.1 Å². The van der Waals surface area contributed by atoms with E-state index in [2.05, 4.69) is 23.7 Å². The van der Waals surface area contributed by atoms with Crippen LogP contribution in [0.5, 0.6) is 0 Å². The van der Waals surface area contributed by atoms with E-state index in [1.165, 1.54) is 0 Å². The molecular formula is C10H14ClN3. The first-order chi connectivity index (χ1) is 6.48. The summed E-state index contributed by atoms with van der Waals surface area (Å²) in [5.41, 5.74) is 6.87. The molecule has 1 aliphatic heterocycles. The molecule has 1 aromatic rings. The molecule has 1 aliphatic rings. The van der Waals surface area contributed by atoms with Crippen LogP contribution < -0.4 is 10.6 Å². The number of halogens is 1. The summed E-state index contributed by atoms with van der Waals surface area (Å²) >= 11 is 5.78. The van der Waals surface area contributed by atoms with Crippen LogP contribution in [0.1, 0.15) is 13.8 Å². The van der Waals surface area contributed by atoms with Crippen molar-refractivity contribution in [3.63, 3.8) is 0 Å². The molecule has 0 spiro atoms. The molecule has 3 nitrogen and oxygen atoms in total. The third-order valence-corrected chi connectivity index (χ3v) is 2.61. The second-order valence-electron chi connectivity index (χ2n) is 4.59. The first kappa shape index (κ1) is 9.59. The highest BCUT2D eigenvalue weighted by Gasteiger charge is 2.35. The van der Waals surface area contributed by atoms with Gasteiger partial charge in [-0.05, 0) is 11.5 Å². The van der Waals surface area contributed by atoms with Gasteiger partial charge in [0.25, 0.3) is 0 Å². The van der Waals surface area contributed by atoms with E-state index < -0.39 is 0 Å². The number of nitrogens with two attached hydrogens (primary N) is 1. The van der Waals surface area contributed by atoms with Crippen LogP contribution in [0.25, 0.3) is 0 Å². The van der Waals surface area contributed by atoms with Crippen molar-refractivity contribution < 1.29 is 0 Å². The highest BCUT2D eigenvalue weighted by atomic mass is 35.5. The second kappa shape index (κ2) is 3.02. The van der Waals surface area contributed by atoms with Crippen LogP contribution in [0.4, 0.5) is 11.5 Å². The van der Waals surface area contributed by atoms with Gasteiger partial charge in [-0.1, -0.05) is 25.4 Å². The molecule has 0 aliphatic carbocycles. The SMILES string of the molecule is CC1(C)CN(c2ncc(Cl)cc2N)C1. The summed E-state index contributed by atoms with van der Waals surface area (Å²) in [6, 6.07) is 1.75. The fraction of sp³-hybridized carbons (Fsp3) is 0.500. The Hall–Kier alpha value is -0.960. The lowest BCUT2D eigenvalue weighted by Crippen LogP contribution is -2.53. The Bertz CT molecular complexity index is 354. The van der Waals surface area contributed by atoms with Gasteiger partial charge in [-0.15, -0.1) is 0 Å². The summed E-state index contributed by atoms with van der Waals surface area (Å²) in [6.45, 7) is 6.48. The number of rotatable bonds is 1. The highest BCUT2D eigenvalue weighted by Crippen LogP contribution is 2.35. The monoisotopic (exact) mass is 211 g/mol. The molecule has 0 aromatic carbocycles. The smallest absolute Gasteiger partial charge is 0.151 e. The normalized spacial score (nSPS) is 19.2. The molecular weight excluding hydrogens is 198 g/mol. The maximum Gasteiger partial charge on any atom is 0.151 e. The number of nitrogen functional groups attached to an aromatic ring is 1. The van der Waals surface area contributed by atoms with Crippen molar-refractivity contribution >= 4 is 23.1 Å². The quantitative estimate of drug-likeness (QED) is 0.774. The van der Waals surface area contributed by atoms with Crippen molar-refractivity contribution in [2.45, 2.75) is 13.8 Å². The first-order valence-electron chi connectivity index (χ1n) is 4.64. The summed E-state index contributed by atoms with van der Waals surface area (Å²) in [5.74, 6) is 0.855. The van der Waals surface area contributed by atoms with Crippen molar-refractivity contribution in [2.24, 2.45) is 5.41 Å². The summed E-state index contributed by atoms with van der Waals surface area (Å²) in [4.78, 5) is 6.41. The fourth-order valence-corrected chi connectivity index (χ4v) is 2.02. The molecule has 2 rings (SSSR count). The van der Waals surface area contributed by atoms with Gasteiger partial charge in [-0.3, -0.25) is 0 Å². The molecule has 4 heteroatoms. The molecule has 1 aromatic heterocycles. The molecule has 0 saturated carbocycles. The Kier molecular flexibility index (Phi) is 2.07. The lowest BCUT2D eigenvalue weighted by Gasteiger charge is -2.46. The van der Waals surface area contributed by atoms with Crippen LogP contribution in [0, 0.1) is 5.41 Å². The van der Waals surface area contributed by atoms with Gasteiger partial charge >= 0.3 is 0 Å². The van der Waals surface area contributed by atoms with Gasteiger partial charge in [0, 0.05) is 19.3 Å². The van der Waals surface area contributed by atoms with Crippen LogP contribution in [0.2, 0.25) is 5.02 Å². The number of aromatic nitrogens is 1. The molecule has 1 fully saturated rings. The first-order valence-corrected chi connectivity index (χ1v) is 5.02. The van der Waals surface area contributed by atoms with Crippen molar-refractivity contribution in [1.82, 2.24) is 4.98 Å². The average molecular weight is 212 g/mol. The van der Waals surface area contributed by atoms with Gasteiger partial charge in [0.1, 0.15) is 0 Å². The largest absolute Gasteiger partial charge is 0.396 e. The lowest BCUT2D eigenvalue weighted by atomic mass is 9.84. The maximum absolute atomic E-state index is 5.83. The Morgan fingerprint density at radius 3 is 2.64 bits per heavy atom. The summed E-state index contributed by atoms with van der Waals surface area (Å²) in [7, 11) is 0. The Labute approximate surface area is 88.9 Å². The van der Waals surface area contributed by atoms with E-state index in [0.717, 1.165) is 18.9 Å². The number of anilines is 2. The third-order valence-electron chi connectivity index (χ3n) is 2.40. The summed E-state index contributed by atoms with van der Waals surface area (Å²) in [5, 5.41) is 0.589. The van der Waals surface area contributed by atoms with E-state index in [4.69, 9.17) is 17.3 Å². The highest BCUT2D eigenvalue weighted by molar-refractivity contribution is 6.30. The van der Waals surface area contributed by atoms with Gasteiger partial charge in [0.2, 0.25) is 0 Å². The van der Waals surface area contributed by atoms with E-state index in [1.54, 1.807) is 12.3 Å². The summed E-state index contributed by atoms with van der Waals surface area (Å²) < 4.78 is 0. The van der Waals surface area contributed by atoms with Gasteiger partial charge < -0.3 is 10.6 Å². The molecule has 1 saturated heterocycles. The molecule has 0 unspecified atom stereocenters. The minimum absolute atomic E-state index is 0.383. The van der Waals surface area contributed by atoms with Gasteiger partial charge in [-0.2, -0.15) is 0 Å². The minimum Gasteiger partial charge on any atom is -0.396 e. The molecule has 2 N–H and O–H groups in total. The van der Waals surface area contributed by atoms with Gasteiger partial charge in [0.15, 0.2) is 5.82 Å². The van der Waals surface area contributed by atoms with E-state index in [9.17, 15) is 0 Å². The topological polar surface area (TPSA) is 42.2 Å². The van der Waals surface area contributed by atoms with E-state index in [1.807, 2.05) is 0 Å². The molecule has 0 bridgehead atoms. The number of nitrogens with zero attached hydrogens (tertiary/aromatic N) is 2. The lowest BCUT2D eigenvalue weighted by molar-refractivity contribution is 0.275. The maximum atomic E-state index is 5.83. The van der Waals surface area contributed by atoms with Crippen LogP contribution in [0.15, 0.2) is 12.3 Å². The van der Waals surface area contributed by atoms with E-state index in [0.29, 0.717) is 16.1 Å². The molecule has 76 valence electrons. The average Bonchev–Trinajstić information content (AvgIpc) is 2.00. The van der Waals surface area contributed by atoms with E-state index in [-0.39, 0.29) is 0 Å². The number of hydrogen-bond acceptors (Lipinski definition) is 3. The number of hydrogen-bond donors (Lipinski definition) is 1. The molecule has 0 radical (unpaired) electrons. The molecule has 2 heterocycles. The van der Waals surface area contributed by atoms with Gasteiger partial charge in [-0.25, -0.2) is 4.98 Å². The standard InChI is InChI=1S/C10H14ClN3/c1-10(2)5-14(6-10)9-8(12)3-7(11)4-13-9/h3-4H,5-6,12H2,1-2H3. The molecule has 0 amide bonds. The zero-order valence-electron chi connectivity index (χ0n) is 8.42. The van der Waals surface area contributed by atoms with Crippen molar-refractivity contribution in [3.05, 3.63) is 17.3 Å². The third kappa shape index (κ3) is 1.64. The Morgan fingerprint density at radius 1 is 1.50 bits per heavy atom. The summed E-state index contributed by atoms with van der Waals surface area (Å²) in [6.07, 6.45) is 1.64. The number of pyridine rings is 1. The van der Waals surface area contributed by atoms with Crippen molar-refractivity contribution in [1.29, 1.82) is 0 Å². The zero-order valence-corrected chi connectivity index (χ0v) is 9.17. The van der Waals surface area contributed by atoms with Crippen molar-refractivity contribution in [3.8, 4) is 0 Å². The predicted octanol–water partition coefficient (Wildman–Crippen LogP) is 2.16. The molecule has 0 atom stereocenters.